The summed E-state index contributed by atoms with van der Waals surface area (Å²) in [6.45, 7) is 4.94. The second kappa shape index (κ2) is 7.66. The summed E-state index contributed by atoms with van der Waals surface area (Å²) in [5.41, 5.74) is -1.89. The Kier molecular flexibility index (Phi) is 5.74. The molecular weight excluding hydrogens is 359 g/mol. The topological polar surface area (TPSA) is 78.4 Å². The molecule has 1 aromatic carbocycles. The SMILES string of the molecule is CCC(C)n1c(O)c(C=Nc2ccccc2C(F)(F)F)c(C)c(C#N)c1=O. The molecule has 1 N–H and O–H groups in total. The van der Waals surface area contributed by atoms with Crippen molar-refractivity contribution in [3.8, 4) is 11.9 Å². The van der Waals surface area contributed by atoms with Crippen LogP contribution < -0.4 is 5.56 Å². The Bertz CT molecular complexity index is 985. The van der Waals surface area contributed by atoms with Gasteiger partial charge >= 0.3 is 6.18 Å². The summed E-state index contributed by atoms with van der Waals surface area (Å²) in [4.78, 5) is 16.3. The Labute approximate surface area is 154 Å². The molecule has 5 nitrogen and oxygen atoms in total. The lowest BCUT2D eigenvalue weighted by molar-refractivity contribution is -0.137. The van der Waals surface area contributed by atoms with E-state index in [0.29, 0.717) is 6.42 Å². The van der Waals surface area contributed by atoms with Crippen LogP contribution in [0.15, 0.2) is 34.1 Å². The molecule has 0 saturated carbocycles. The van der Waals surface area contributed by atoms with Crippen molar-refractivity contribution < 1.29 is 18.3 Å². The van der Waals surface area contributed by atoms with Gasteiger partial charge in [-0.1, -0.05) is 19.1 Å². The molecule has 1 aromatic heterocycles. The molecule has 27 heavy (non-hydrogen) atoms. The van der Waals surface area contributed by atoms with Gasteiger partial charge in [-0.2, -0.15) is 18.4 Å². The standard InChI is InChI=1S/C19H18F3N3O2/c1-4-11(2)25-17(26)13(9-23)12(3)14(18(25)27)10-24-16-8-6-5-7-15(16)19(20,21)22/h5-8,10-11,27H,4H2,1-3H3. The molecule has 1 atom stereocenters. The second-order valence-electron chi connectivity index (χ2n) is 6.05. The van der Waals surface area contributed by atoms with Crippen LogP contribution in [0.2, 0.25) is 0 Å². The van der Waals surface area contributed by atoms with Crippen molar-refractivity contribution in [2.45, 2.75) is 39.4 Å². The molecule has 0 bridgehead atoms. The quantitative estimate of drug-likeness (QED) is 0.798. The lowest BCUT2D eigenvalue weighted by atomic mass is 10.0. The first-order chi connectivity index (χ1) is 12.6. The zero-order valence-electron chi connectivity index (χ0n) is 15.0. The number of aromatic hydroxyl groups is 1. The Morgan fingerprint density at radius 3 is 2.56 bits per heavy atom. The van der Waals surface area contributed by atoms with E-state index in [1.807, 2.05) is 0 Å². The monoisotopic (exact) mass is 377 g/mol. The van der Waals surface area contributed by atoms with Gasteiger partial charge in [0.2, 0.25) is 5.88 Å². The first-order valence-electron chi connectivity index (χ1n) is 8.21. The third-order valence-electron chi connectivity index (χ3n) is 4.37. The van der Waals surface area contributed by atoms with E-state index in [9.17, 15) is 28.3 Å². The van der Waals surface area contributed by atoms with E-state index in [2.05, 4.69) is 4.99 Å². The lowest BCUT2D eigenvalue weighted by Gasteiger charge is -2.18. The van der Waals surface area contributed by atoms with Gasteiger partial charge in [-0.25, -0.2) is 0 Å². The number of pyridine rings is 1. The van der Waals surface area contributed by atoms with Crippen LogP contribution in [0.3, 0.4) is 0 Å². The van der Waals surface area contributed by atoms with Crippen LogP contribution in [-0.4, -0.2) is 15.9 Å². The molecule has 0 amide bonds. The van der Waals surface area contributed by atoms with Crippen molar-refractivity contribution in [3.63, 3.8) is 0 Å². The molecule has 1 heterocycles. The molecule has 142 valence electrons. The largest absolute Gasteiger partial charge is 0.494 e. The van der Waals surface area contributed by atoms with Gasteiger partial charge in [-0.15, -0.1) is 0 Å². The fourth-order valence-corrected chi connectivity index (χ4v) is 2.65. The van der Waals surface area contributed by atoms with Crippen molar-refractivity contribution in [2.24, 2.45) is 4.99 Å². The van der Waals surface area contributed by atoms with E-state index in [-0.39, 0.29) is 22.4 Å². The Hall–Kier alpha value is -3.08. The summed E-state index contributed by atoms with van der Waals surface area (Å²) in [6.07, 6.45) is -3.03. The van der Waals surface area contributed by atoms with Gasteiger partial charge in [-0.3, -0.25) is 14.4 Å². The van der Waals surface area contributed by atoms with E-state index in [4.69, 9.17) is 0 Å². The molecular formula is C19H18F3N3O2. The number of para-hydroxylation sites is 1. The predicted octanol–water partition coefficient (Wildman–Crippen LogP) is 4.47. The molecule has 0 spiro atoms. The molecule has 2 aromatic rings. The number of hydrogen-bond acceptors (Lipinski definition) is 4. The van der Waals surface area contributed by atoms with E-state index < -0.39 is 29.2 Å². The van der Waals surface area contributed by atoms with Crippen molar-refractivity contribution >= 4 is 11.9 Å². The second-order valence-corrected chi connectivity index (χ2v) is 6.05. The molecule has 0 saturated heterocycles. The maximum Gasteiger partial charge on any atom is 0.418 e. The average Bonchev–Trinajstić information content (AvgIpc) is 2.61. The molecule has 2 rings (SSSR count). The highest BCUT2D eigenvalue weighted by Gasteiger charge is 2.33. The fourth-order valence-electron chi connectivity index (χ4n) is 2.65. The van der Waals surface area contributed by atoms with Gasteiger partial charge in [0, 0.05) is 12.3 Å². The number of nitrogens with zero attached hydrogens (tertiary/aromatic N) is 3. The predicted molar refractivity (Wildman–Crippen MR) is 95.5 cm³/mol. The maximum atomic E-state index is 13.1. The molecule has 8 heteroatoms. The van der Waals surface area contributed by atoms with Gasteiger partial charge < -0.3 is 5.11 Å². The number of halogens is 3. The Balaban J connectivity index is 2.70. The first kappa shape index (κ1) is 20.2. The van der Waals surface area contributed by atoms with Crippen molar-refractivity contribution in [1.29, 1.82) is 5.26 Å². The summed E-state index contributed by atoms with van der Waals surface area (Å²) < 4.78 is 40.4. The molecule has 0 aliphatic rings. The van der Waals surface area contributed by atoms with E-state index >= 15 is 0 Å². The number of benzene rings is 1. The number of alkyl halides is 3. The highest BCUT2D eigenvalue weighted by molar-refractivity contribution is 5.87. The zero-order chi connectivity index (χ0) is 20.4. The molecule has 0 radical (unpaired) electrons. The molecule has 0 fully saturated rings. The minimum absolute atomic E-state index is 0.0310. The average molecular weight is 377 g/mol. The van der Waals surface area contributed by atoms with Crippen LogP contribution in [0.4, 0.5) is 18.9 Å². The highest BCUT2D eigenvalue weighted by atomic mass is 19.4. The minimum atomic E-state index is -4.58. The Morgan fingerprint density at radius 2 is 2.00 bits per heavy atom. The van der Waals surface area contributed by atoms with Crippen LogP contribution >= 0.6 is 0 Å². The van der Waals surface area contributed by atoms with E-state index in [0.717, 1.165) is 16.8 Å². The third-order valence-corrected chi connectivity index (χ3v) is 4.37. The van der Waals surface area contributed by atoms with Gasteiger partial charge in [-0.05, 0) is 38.0 Å². The maximum absolute atomic E-state index is 13.1. The Morgan fingerprint density at radius 1 is 1.37 bits per heavy atom. The number of nitriles is 1. The highest BCUT2D eigenvalue weighted by Crippen LogP contribution is 2.36. The number of aliphatic imine (C=N–C) groups is 1. The van der Waals surface area contributed by atoms with Crippen LogP contribution in [-0.2, 0) is 6.18 Å². The molecule has 0 aliphatic carbocycles. The zero-order valence-corrected chi connectivity index (χ0v) is 15.0. The van der Waals surface area contributed by atoms with Crippen LogP contribution in [0.25, 0.3) is 0 Å². The van der Waals surface area contributed by atoms with E-state index in [1.165, 1.54) is 25.1 Å². The lowest BCUT2D eigenvalue weighted by Crippen LogP contribution is -2.27. The number of aromatic nitrogens is 1. The normalized spacial score (nSPS) is 12.9. The van der Waals surface area contributed by atoms with Crippen molar-refractivity contribution in [3.05, 3.63) is 56.9 Å². The van der Waals surface area contributed by atoms with Gasteiger partial charge in [0.05, 0.1) is 16.8 Å². The van der Waals surface area contributed by atoms with Crippen molar-refractivity contribution in [2.75, 3.05) is 0 Å². The smallest absolute Gasteiger partial charge is 0.418 e. The molecule has 1 unspecified atom stereocenters. The van der Waals surface area contributed by atoms with Crippen LogP contribution in [0, 0.1) is 18.3 Å². The summed E-state index contributed by atoms with van der Waals surface area (Å²) in [5.74, 6) is -0.431. The summed E-state index contributed by atoms with van der Waals surface area (Å²) >= 11 is 0. The van der Waals surface area contributed by atoms with Crippen LogP contribution in [0.5, 0.6) is 5.88 Å². The number of rotatable bonds is 4. The molecule has 0 aliphatic heterocycles. The van der Waals surface area contributed by atoms with E-state index in [1.54, 1.807) is 19.9 Å². The first-order valence-corrected chi connectivity index (χ1v) is 8.21. The number of hydrogen-bond donors (Lipinski definition) is 1. The summed E-state index contributed by atoms with van der Waals surface area (Å²) in [5, 5.41) is 19.8. The van der Waals surface area contributed by atoms with Gasteiger partial charge in [0.25, 0.3) is 5.56 Å². The minimum Gasteiger partial charge on any atom is -0.494 e. The van der Waals surface area contributed by atoms with Crippen LogP contribution in [0.1, 0.15) is 48.6 Å². The third kappa shape index (κ3) is 3.87. The summed E-state index contributed by atoms with van der Waals surface area (Å²) in [7, 11) is 0. The van der Waals surface area contributed by atoms with Gasteiger partial charge in [0.1, 0.15) is 11.6 Å². The summed E-state index contributed by atoms with van der Waals surface area (Å²) in [6, 6.07) is 6.16. The van der Waals surface area contributed by atoms with Crippen molar-refractivity contribution in [1.82, 2.24) is 4.57 Å². The fraction of sp³-hybridized carbons (Fsp3) is 0.316. The van der Waals surface area contributed by atoms with Gasteiger partial charge in [0.15, 0.2) is 0 Å².